The zero-order valence-electron chi connectivity index (χ0n) is 82.7. The summed E-state index contributed by atoms with van der Waals surface area (Å²) >= 11 is 0. The van der Waals surface area contributed by atoms with E-state index in [1.165, 1.54) is 26.0 Å². The summed E-state index contributed by atoms with van der Waals surface area (Å²) in [5, 5.41) is 22.2. The highest BCUT2D eigenvalue weighted by Gasteiger charge is 2.27. The fraction of sp³-hybridized carbons (Fsp3) is 0.691. The van der Waals surface area contributed by atoms with Crippen LogP contribution in [0.4, 0.5) is 0 Å². The Morgan fingerprint density at radius 3 is 1.00 bits per heavy atom. The number of benzene rings is 2. The first kappa shape index (κ1) is 125. The van der Waals surface area contributed by atoms with Gasteiger partial charge >= 0.3 is 0 Å². The third-order valence-electron chi connectivity index (χ3n) is 19.8. The summed E-state index contributed by atoms with van der Waals surface area (Å²) in [5.74, 6) is -7.22. The number of Topliss-reactive ketones (excluding diaryl/α,β-unsaturated/α-hetero) is 2. The summed E-state index contributed by atoms with van der Waals surface area (Å²) < 4.78 is 119. The average Bonchev–Trinajstić information content (AvgIpc) is 1.86. The van der Waals surface area contributed by atoms with E-state index in [1.807, 2.05) is 4.90 Å². The molecule has 0 bridgehead atoms. The van der Waals surface area contributed by atoms with Gasteiger partial charge in [-0.2, -0.15) is 0 Å². The van der Waals surface area contributed by atoms with Crippen LogP contribution in [0.15, 0.2) is 72.8 Å². The number of ether oxygens (including phenoxy) is 21. The minimum absolute atomic E-state index is 0.0283. The zero-order chi connectivity index (χ0) is 103. The van der Waals surface area contributed by atoms with E-state index in [0.717, 1.165) is 10.5 Å². The Bertz CT molecular complexity index is 3820. The van der Waals surface area contributed by atoms with Crippen molar-refractivity contribution in [2.24, 2.45) is 0 Å². The fourth-order valence-corrected chi connectivity index (χ4v) is 12.3. The summed E-state index contributed by atoms with van der Waals surface area (Å²) in [6.45, 7) is 11.7. The number of hydrogen-bond donors (Lipinski definition) is 9. The molecule has 0 aromatic heterocycles. The van der Waals surface area contributed by atoms with Gasteiger partial charge in [0.05, 0.1) is 323 Å². The second kappa shape index (κ2) is 86.3. The standard InChI is InChI=1S/C94H151N13O36/c1-76(108)67-99-93(121)80(65-78-9-5-3-6-10-78)102-87(115)71-97-84(112)68-95-82(110)15-25-123-35-38-130-32-22-106(23-33-131-39-36-124-26-16-83(111)96-69-85(113)98-72-88(116)103-81(66-79-11-7-4-8-12-79)94(122)100-70-86(114)101-75-143-74-77(2)109)92(120)73-104-18-28-126-40-46-134-52-54-136-48-42-128-30-20-105(21-31-129-43-49-137-55-53-135-47-41-127-29-19-104)89(117)17-27-125-37-45-133-51-57-139-59-61-141-63-64-142-62-60-140-58-56-138-50-44-132-34-24-107-90(118)13-14-91(107)119/h3-14,80-81H,15-75H2,1-2H3,(H,95,110)(H,96,111)(H,97,112)(H,98,113)(H,99,121)(H,100,122)(H,101,114)(H,102,115)(H,103,116)/t80?,81-/m0/s1. The van der Waals surface area contributed by atoms with Gasteiger partial charge in [-0.15, -0.1) is 0 Å². The van der Waals surface area contributed by atoms with Gasteiger partial charge in [-0.1, -0.05) is 60.7 Å². The minimum Gasteiger partial charge on any atom is -0.379 e. The molecule has 2 aliphatic heterocycles. The quantitative estimate of drug-likeness (QED) is 0.0170. The number of carbonyl (C=O) groups excluding carboxylic acids is 15. The molecule has 13 amide bonds. The van der Waals surface area contributed by atoms with Gasteiger partial charge in [-0.05, 0) is 25.0 Å². The van der Waals surface area contributed by atoms with Crippen molar-refractivity contribution in [2.45, 2.75) is 58.0 Å². The molecule has 2 aliphatic rings. The molecule has 0 radical (unpaired) electrons. The smallest absolute Gasteiger partial charge is 0.253 e. The predicted molar refractivity (Wildman–Crippen MR) is 508 cm³/mol. The highest BCUT2D eigenvalue weighted by atomic mass is 16.6. The Balaban J connectivity index is 1.15. The summed E-state index contributed by atoms with van der Waals surface area (Å²) in [5.41, 5.74) is 1.45. The van der Waals surface area contributed by atoms with Crippen LogP contribution in [0.25, 0.3) is 0 Å². The largest absolute Gasteiger partial charge is 0.379 e. The monoisotopic (exact) mass is 2040 g/mol. The van der Waals surface area contributed by atoms with Crippen LogP contribution in [-0.2, 0) is 184 Å². The van der Waals surface area contributed by atoms with E-state index in [4.69, 9.17) is 99.5 Å². The molecule has 0 aliphatic carbocycles. The molecule has 1 fully saturated rings. The molecule has 2 aromatic carbocycles. The average molecular weight is 2040 g/mol. The molecule has 49 heteroatoms. The SMILES string of the molecule is CC(=O)CNC(=O)C(Cc1ccccc1)NC(=O)CNC(=O)CNC(=O)CCOCCOCCN(CCOCCOCCC(=O)NCC(=O)NCC(=O)N[C@@H](Cc1ccccc1)C(=O)NCC(=O)NCOCC(C)=O)C(=O)CN1CCOCCOCCOCCOCCN(C(=O)CCOCCOCCOCCOCCOCCOCCOCCOCCN2C(=O)C=CC2=O)CCOCCOCCOCCOCC1. The van der Waals surface area contributed by atoms with Crippen LogP contribution < -0.4 is 47.9 Å². The maximum absolute atomic E-state index is 14.3. The molecule has 1 saturated heterocycles. The van der Waals surface area contributed by atoms with Gasteiger partial charge in [0, 0.05) is 77.1 Å². The summed E-state index contributed by atoms with van der Waals surface area (Å²) in [6, 6.07) is 15.5. The number of hydrogen-bond acceptors (Lipinski definition) is 37. The molecule has 49 nitrogen and oxygen atoms in total. The van der Waals surface area contributed by atoms with E-state index in [2.05, 4.69) is 47.9 Å². The van der Waals surface area contributed by atoms with E-state index in [0.29, 0.717) is 151 Å². The third-order valence-corrected chi connectivity index (χ3v) is 19.8. The maximum Gasteiger partial charge on any atom is 0.253 e. The lowest BCUT2D eigenvalue weighted by Gasteiger charge is -2.27. The van der Waals surface area contributed by atoms with Gasteiger partial charge in [-0.3, -0.25) is 81.7 Å². The molecule has 2 atom stereocenters. The third kappa shape index (κ3) is 71.2. The Morgan fingerprint density at radius 2 is 0.629 bits per heavy atom. The summed E-state index contributed by atoms with van der Waals surface area (Å²) in [7, 11) is 0. The van der Waals surface area contributed by atoms with Gasteiger partial charge in [0.2, 0.25) is 65.0 Å². The van der Waals surface area contributed by atoms with Gasteiger partial charge in [0.15, 0.2) is 5.78 Å². The van der Waals surface area contributed by atoms with Crippen molar-refractivity contribution in [2.75, 3.05) is 369 Å². The second-order valence-electron chi connectivity index (χ2n) is 31.4. The van der Waals surface area contributed by atoms with Crippen LogP contribution in [0, 0.1) is 0 Å². The van der Waals surface area contributed by atoms with Gasteiger partial charge in [0.1, 0.15) is 31.2 Å². The Kier molecular flexibility index (Phi) is 75.6. The van der Waals surface area contributed by atoms with Crippen LogP contribution in [0.2, 0.25) is 0 Å². The molecular formula is C94H151N13O36. The Hall–Kier alpha value is -10.0. The first-order valence-electron chi connectivity index (χ1n) is 48.1. The van der Waals surface area contributed by atoms with Crippen molar-refractivity contribution in [3.8, 4) is 0 Å². The van der Waals surface area contributed by atoms with Crippen molar-refractivity contribution in [3.63, 3.8) is 0 Å². The van der Waals surface area contributed by atoms with Crippen molar-refractivity contribution in [3.05, 3.63) is 83.9 Å². The minimum atomic E-state index is -1.14. The number of rotatable bonds is 71. The first-order valence-corrected chi connectivity index (χ1v) is 48.1. The van der Waals surface area contributed by atoms with Crippen molar-refractivity contribution < 1.29 is 171 Å². The van der Waals surface area contributed by atoms with Gasteiger partial charge in [-0.25, -0.2) is 0 Å². The topological polar surface area (TPSA) is 571 Å². The number of nitrogens with one attached hydrogen (secondary N) is 9. The van der Waals surface area contributed by atoms with Gasteiger partial charge < -0.3 is 157 Å². The molecule has 143 heavy (non-hydrogen) atoms. The maximum atomic E-state index is 14.3. The molecule has 4 rings (SSSR count). The lowest BCUT2D eigenvalue weighted by molar-refractivity contribution is -0.138. The molecule has 2 aromatic rings. The van der Waals surface area contributed by atoms with Crippen LogP contribution in [0.5, 0.6) is 0 Å². The molecule has 1 unspecified atom stereocenters. The van der Waals surface area contributed by atoms with Gasteiger partial charge in [0.25, 0.3) is 11.8 Å². The molecule has 9 N–H and O–H groups in total. The van der Waals surface area contributed by atoms with E-state index < -0.39 is 98.0 Å². The van der Waals surface area contributed by atoms with Crippen molar-refractivity contribution >= 4 is 88.4 Å². The fourth-order valence-electron chi connectivity index (χ4n) is 12.3. The lowest BCUT2D eigenvalue weighted by Crippen LogP contribution is -2.52. The summed E-state index contributed by atoms with van der Waals surface area (Å²) in [6.07, 6.45) is 2.56. The summed E-state index contributed by atoms with van der Waals surface area (Å²) in [4.78, 5) is 194. The number of carbonyl (C=O) groups is 15. The highest BCUT2D eigenvalue weighted by Crippen LogP contribution is 2.09. The van der Waals surface area contributed by atoms with Crippen LogP contribution >= 0.6 is 0 Å². The second-order valence-corrected chi connectivity index (χ2v) is 31.4. The lowest BCUT2D eigenvalue weighted by atomic mass is 10.1. The van der Waals surface area contributed by atoms with E-state index in [1.54, 1.807) is 70.5 Å². The molecule has 0 saturated carbocycles. The zero-order valence-corrected chi connectivity index (χ0v) is 82.7. The normalized spacial score (nSPS) is 14.9. The number of nitrogens with zero attached hydrogens (tertiary/aromatic N) is 4. The highest BCUT2D eigenvalue weighted by molar-refractivity contribution is 6.13. The molecule has 2 heterocycles. The van der Waals surface area contributed by atoms with Crippen molar-refractivity contribution in [1.82, 2.24) is 67.5 Å². The number of ketones is 2. The molecule has 0 spiro atoms. The van der Waals surface area contributed by atoms with E-state index in [9.17, 15) is 71.9 Å². The number of imide groups is 1. The number of amides is 13. The van der Waals surface area contributed by atoms with E-state index in [-0.39, 0.29) is 259 Å². The molecule has 808 valence electrons. The predicted octanol–water partition coefficient (Wildman–Crippen LogP) is -5.19. The Morgan fingerprint density at radius 1 is 0.322 bits per heavy atom. The first-order chi connectivity index (χ1) is 69.6. The molecular weight excluding hydrogens is 1890 g/mol. The van der Waals surface area contributed by atoms with E-state index >= 15 is 0 Å². The van der Waals surface area contributed by atoms with Crippen LogP contribution in [0.3, 0.4) is 0 Å². The van der Waals surface area contributed by atoms with Crippen LogP contribution in [-0.4, -0.2) is 489 Å². The van der Waals surface area contributed by atoms with Crippen LogP contribution in [0.1, 0.15) is 44.2 Å². The van der Waals surface area contributed by atoms with Crippen molar-refractivity contribution in [1.29, 1.82) is 0 Å². The Labute approximate surface area is 835 Å².